The van der Waals surface area contributed by atoms with Gasteiger partial charge < -0.3 is 30.3 Å². The molecule has 4 N–H and O–H groups in total. The third kappa shape index (κ3) is 8.32. The number of carbonyl (C=O) groups is 5. The number of ether oxygens (including phenoxy) is 1. The van der Waals surface area contributed by atoms with Gasteiger partial charge in [0.25, 0.3) is 11.8 Å². The van der Waals surface area contributed by atoms with Crippen LogP contribution in [0.5, 0.6) is 0 Å². The molecule has 0 radical (unpaired) electrons. The van der Waals surface area contributed by atoms with E-state index in [1.165, 1.54) is 18.2 Å². The van der Waals surface area contributed by atoms with Gasteiger partial charge in [-0.2, -0.15) is 0 Å². The number of H-pyrrole nitrogens is 1. The maximum absolute atomic E-state index is 14.1. The molecule has 2 heterocycles. The van der Waals surface area contributed by atoms with E-state index in [0.29, 0.717) is 17.0 Å². The standard InChI is InChI=1S/C36H34Cl2N4O8/c1-20(2)32(41-33(46)27-15-22-11-6-7-14-25(22)39-27)28-18-36(50-42-28,17-21-9-4-3-5-10-21)35(48)40-26(16-30(44)45)29(43)19-49-34(47)31-23(37)12-8-13-24(31)38/h3-15,20,26,32,39H,16-19H2,1-2H3,(H,40,48)(H,41,46)(H,44,45). The zero-order valence-electron chi connectivity index (χ0n) is 27.1. The summed E-state index contributed by atoms with van der Waals surface area (Å²) in [6, 6.07) is 20.3. The highest BCUT2D eigenvalue weighted by Gasteiger charge is 2.49. The summed E-state index contributed by atoms with van der Waals surface area (Å²) in [6.45, 7) is 2.89. The average Bonchev–Trinajstić information content (AvgIpc) is 3.71. The van der Waals surface area contributed by atoms with E-state index in [-0.39, 0.29) is 40.3 Å². The lowest BCUT2D eigenvalue weighted by molar-refractivity contribution is -0.148. The van der Waals surface area contributed by atoms with E-state index in [0.717, 1.165) is 10.9 Å². The fourth-order valence-corrected chi connectivity index (χ4v) is 6.21. The number of hydrogen-bond donors (Lipinski definition) is 4. The zero-order valence-corrected chi connectivity index (χ0v) is 28.6. The number of carboxylic acids is 1. The third-order valence-corrected chi connectivity index (χ3v) is 8.85. The second-order valence-electron chi connectivity index (χ2n) is 12.2. The Kier molecular flexibility index (Phi) is 11.2. The van der Waals surface area contributed by atoms with Crippen molar-refractivity contribution < 1.29 is 38.7 Å². The Morgan fingerprint density at radius 3 is 2.30 bits per heavy atom. The molecule has 5 rings (SSSR count). The number of benzene rings is 3. The van der Waals surface area contributed by atoms with E-state index < -0.39 is 54.3 Å². The van der Waals surface area contributed by atoms with Gasteiger partial charge in [-0.3, -0.25) is 19.2 Å². The molecule has 14 heteroatoms. The fourth-order valence-electron chi connectivity index (χ4n) is 5.65. The highest BCUT2D eigenvalue weighted by Crippen LogP contribution is 2.32. The Morgan fingerprint density at radius 2 is 1.64 bits per heavy atom. The van der Waals surface area contributed by atoms with Gasteiger partial charge in [-0.15, -0.1) is 0 Å². The lowest BCUT2D eigenvalue weighted by Crippen LogP contribution is -2.55. The number of oxime groups is 1. The average molecular weight is 722 g/mol. The number of esters is 1. The molecule has 0 bridgehead atoms. The molecule has 2 amide bonds. The maximum atomic E-state index is 14.1. The van der Waals surface area contributed by atoms with Crippen molar-refractivity contribution in [3.63, 3.8) is 0 Å². The number of nitrogens with zero attached hydrogens (tertiary/aromatic N) is 1. The predicted molar refractivity (Wildman–Crippen MR) is 186 cm³/mol. The van der Waals surface area contributed by atoms with Crippen LogP contribution in [-0.2, 0) is 30.4 Å². The molecule has 1 aromatic heterocycles. The summed E-state index contributed by atoms with van der Waals surface area (Å²) in [5.41, 5.74) is 0.346. The van der Waals surface area contributed by atoms with Crippen molar-refractivity contribution in [2.45, 2.75) is 50.8 Å². The summed E-state index contributed by atoms with van der Waals surface area (Å²) in [7, 11) is 0. The van der Waals surface area contributed by atoms with E-state index >= 15 is 0 Å². The number of para-hydroxylation sites is 1. The second-order valence-corrected chi connectivity index (χ2v) is 13.1. The van der Waals surface area contributed by atoms with Crippen molar-refractivity contribution in [1.29, 1.82) is 0 Å². The van der Waals surface area contributed by atoms with Gasteiger partial charge in [0.05, 0.1) is 33.8 Å². The molecule has 50 heavy (non-hydrogen) atoms. The van der Waals surface area contributed by atoms with Crippen LogP contribution < -0.4 is 10.6 Å². The number of rotatable bonds is 14. The Hall–Kier alpha value is -5.20. The summed E-state index contributed by atoms with van der Waals surface area (Å²) in [5.74, 6) is -4.65. The Morgan fingerprint density at radius 1 is 0.960 bits per heavy atom. The lowest BCUT2D eigenvalue weighted by atomic mass is 9.84. The van der Waals surface area contributed by atoms with E-state index in [1.807, 2.05) is 38.1 Å². The number of aromatic amines is 1. The molecule has 3 atom stereocenters. The number of Topliss-reactive ketones (excluding diaryl/α,β-unsaturated/α-hetero) is 1. The summed E-state index contributed by atoms with van der Waals surface area (Å²) in [6.07, 6.45) is -0.891. The highest BCUT2D eigenvalue weighted by molar-refractivity contribution is 6.39. The smallest absolute Gasteiger partial charge is 0.341 e. The minimum Gasteiger partial charge on any atom is -0.481 e. The third-order valence-electron chi connectivity index (χ3n) is 8.22. The van der Waals surface area contributed by atoms with Crippen LogP contribution in [0.2, 0.25) is 10.0 Å². The van der Waals surface area contributed by atoms with Gasteiger partial charge in [-0.1, -0.05) is 96.8 Å². The fraction of sp³-hybridized carbons (Fsp3) is 0.278. The summed E-state index contributed by atoms with van der Waals surface area (Å²) < 4.78 is 5.11. The first kappa shape index (κ1) is 36.1. The number of nitrogens with one attached hydrogen (secondary N) is 3. The number of carbonyl (C=O) groups excluding carboxylic acids is 4. The monoisotopic (exact) mass is 720 g/mol. The van der Waals surface area contributed by atoms with Gasteiger partial charge in [-0.25, -0.2) is 4.79 Å². The minimum absolute atomic E-state index is 0.000376. The number of carboxylic acid groups (broad SMARTS) is 1. The number of fused-ring (bicyclic) bond motifs is 1. The van der Waals surface area contributed by atoms with Gasteiger partial charge >= 0.3 is 11.9 Å². The maximum Gasteiger partial charge on any atom is 0.341 e. The first-order valence-corrected chi connectivity index (χ1v) is 16.5. The molecular weight excluding hydrogens is 687 g/mol. The molecule has 0 fully saturated rings. The summed E-state index contributed by atoms with van der Waals surface area (Å²) in [5, 5.41) is 20.2. The van der Waals surface area contributed by atoms with E-state index in [1.54, 1.807) is 36.4 Å². The van der Waals surface area contributed by atoms with Crippen molar-refractivity contribution >= 4 is 69.4 Å². The number of halogens is 2. The largest absolute Gasteiger partial charge is 0.481 e. The van der Waals surface area contributed by atoms with Crippen molar-refractivity contribution in [3.05, 3.63) is 106 Å². The number of aromatic nitrogens is 1. The molecule has 0 saturated carbocycles. The van der Waals surface area contributed by atoms with Crippen molar-refractivity contribution in [3.8, 4) is 0 Å². The van der Waals surface area contributed by atoms with Gasteiger partial charge in [0.15, 0.2) is 12.4 Å². The van der Waals surface area contributed by atoms with Crippen molar-refractivity contribution in [2.75, 3.05) is 6.61 Å². The predicted octanol–water partition coefficient (Wildman–Crippen LogP) is 5.37. The lowest BCUT2D eigenvalue weighted by Gasteiger charge is -2.29. The highest BCUT2D eigenvalue weighted by atomic mass is 35.5. The number of ketones is 1. The SMILES string of the molecule is CC(C)C(NC(=O)c1cc2ccccc2[nH]1)C1=NOC(Cc2ccccc2)(C(=O)NC(CC(=O)O)C(=O)COC(=O)c2c(Cl)cccc2Cl)C1. The zero-order chi connectivity index (χ0) is 36.0. The van der Waals surface area contributed by atoms with E-state index in [9.17, 15) is 29.1 Å². The van der Waals surface area contributed by atoms with Crippen LogP contribution in [-0.4, -0.2) is 69.6 Å². The molecular formula is C36H34Cl2N4O8. The van der Waals surface area contributed by atoms with Crippen LogP contribution >= 0.6 is 23.2 Å². The quantitative estimate of drug-likeness (QED) is 0.126. The Bertz CT molecular complexity index is 1910. The number of amides is 2. The van der Waals surface area contributed by atoms with Crippen LogP contribution in [0.3, 0.4) is 0 Å². The topological polar surface area (TPSA) is 176 Å². The molecule has 0 spiro atoms. The van der Waals surface area contributed by atoms with Crippen LogP contribution in [0.25, 0.3) is 10.9 Å². The normalized spacial score (nSPS) is 16.6. The molecule has 4 aromatic rings. The number of hydrogen-bond acceptors (Lipinski definition) is 8. The molecule has 3 aromatic carbocycles. The van der Waals surface area contributed by atoms with Crippen LogP contribution in [0.15, 0.2) is 84.0 Å². The van der Waals surface area contributed by atoms with Gasteiger partial charge in [0.2, 0.25) is 5.60 Å². The Labute approximate surface area is 297 Å². The van der Waals surface area contributed by atoms with Crippen molar-refractivity contribution in [2.24, 2.45) is 11.1 Å². The second kappa shape index (κ2) is 15.6. The molecule has 3 unspecified atom stereocenters. The Balaban J connectivity index is 1.35. The minimum atomic E-state index is -1.71. The molecule has 260 valence electrons. The summed E-state index contributed by atoms with van der Waals surface area (Å²) in [4.78, 5) is 74.2. The number of aliphatic carboxylic acids is 1. The van der Waals surface area contributed by atoms with E-state index in [2.05, 4.69) is 20.8 Å². The molecule has 0 saturated heterocycles. The molecule has 0 aliphatic carbocycles. The van der Waals surface area contributed by atoms with Gasteiger partial charge in [0.1, 0.15) is 11.7 Å². The van der Waals surface area contributed by atoms with Crippen molar-refractivity contribution in [1.82, 2.24) is 15.6 Å². The van der Waals surface area contributed by atoms with E-state index in [4.69, 9.17) is 32.8 Å². The molecule has 1 aliphatic rings. The molecule has 12 nitrogen and oxygen atoms in total. The van der Waals surface area contributed by atoms with Crippen LogP contribution in [0.1, 0.15) is 53.1 Å². The summed E-state index contributed by atoms with van der Waals surface area (Å²) >= 11 is 12.1. The van der Waals surface area contributed by atoms with Crippen LogP contribution in [0.4, 0.5) is 0 Å². The first-order chi connectivity index (χ1) is 23.9. The van der Waals surface area contributed by atoms with Gasteiger partial charge in [-0.05, 0) is 35.7 Å². The van der Waals surface area contributed by atoms with Gasteiger partial charge in [0, 0.05) is 23.7 Å². The molecule has 1 aliphatic heterocycles. The van der Waals surface area contributed by atoms with Crippen LogP contribution in [0, 0.1) is 5.92 Å². The first-order valence-electron chi connectivity index (χ1n) is 15.7.